The van der Waals surface area contributed by atoms with E-state index >= 15 is 0 Å². The lowest BCUT2D eigenvalue weighted by molar-refractivity contribution is 0.222. The number of benzene rings is 2. The number of hydrogen-bond donors (Lipinski definition) is 1. The summed E-state index contributed by atoms with van der Waals surface area (Å²) in [6.45, 7) is 0. The van der Waals surface area contributed by atoms with Crippen molar-refractivity contribution in [1.82, 2.24) is 0 Å². The van der Waals surface area contributed by atoms with Crippen LogP contribution < -0.4 is 0 Å². The van der Waals surface area contributed by atoms with E-state index in [9.17, 15) is 5.11 Å². The van der Waals surface area contributed by atoms with E-state index in [1.807, 2.05) is 29.6 Å². The third kappa shape index (κ3) is 2.26. The van der Waals surface area contributed by atoms with E-state index in [2.05, 4.69) is 0 Å². The highest BCUT2D eigenvalue weighted by atomic mass is 35.5. The first kappa shape index (κ1) is 12.9. The lowest BCUT2D eigenvalue weighted by Gasteiger charge is -2.15. The number of rotatable bonds is 2. The summed E-state index contributed by atoms with van der Waals surface area (Å²) in [7, 11) is 0. The summed E-state index contributed by atoms with van der Waals surface area (Å²) in [6.07, 6.45) is -0.816. The maximum Gasteiger partial charge on any atom is 0.108 e. The van der Waals surface area contributed by atoms with Gasteiger partial charge in [-0.05, 0) is 29.0 Å². The van der Waals surface area contributed by atoms with Crippen LogP contribution in [0.25, 0.3) is 10.1 Å². The smallest absolute Gasteiger partial charge is 0.108 e. The fraction of sp³-hybridized carbons (Fsp3) is 0.0667. The van der Waals surface area contributed by atoms with Crippen molar-refractivity contribution in [2.75, 3.05) is 0 Å². The normalized spacial score (nSPS) is 12.8. The molecule has 4 heteroatoms. The lowest BCUT2D eigenvalue weighted by atomic mass is 10.0. The highest BCUT2D eigenvalue weighted by Crippen LogP contribution is 2.38. The monoisotopic (exact) mass is 308 g/mol. The molecule has 0 radical (unpaired) electrons. The van der Waals surface area contributed by atoms with Gasteiger partial charge in [0.1, 0.15) is 6.10 Å². The molecule has 0 saturated heterocycles. The SMILES string of the molecule is OC(c1c(Cl)cccc1Cl)c1cccc2ccsc12. The molecule has 0 spiro atoms. The van der Waals surface area contributed by atoms with Crippen LogP contribution in [0.5, 0.6) is 0 Å². The fourth-order valence-electron chi connectivity index (χ4n) is 2.16. The minimum absolute atomic E-state index is 0.480. The van der Waals surface area contributed by atoms with E-state index in [1.54, 1.807) is 29.5 Å². The molecule has 0 aliphatic heterocycles. The highest BCUT2D eigenvalue weighted by molar-refractivity contribution is 7.17. The molecule has 0 aliphatic carbocycles. The molecular formula is C15H10Cl2OS. The van der Waals surface area contributed by atoms with Crippen LogP contribution in [-0.2, 0) is 0 Å². The average molecular weight is 309 g/mol. The van der Waals surface area contributed by atoms with E-state index in [-0.39, 0.29) is 0 Å². The van der Waals surface area contributed by atoms with Crippen molar-refractivity contribution in [3.05, 3.63) is 69.0 Å². The Morgan fingerprint density at radius 2 is 1.63 bits per heavy atom. The van der Waals surface area contributed by atoms with Gasteiger partial charge in [-0.15, -0.1) is 11.3 Å². The molecule has 1 unspecified atom stereocenters. The molecule has 0 amide bonds. The number of fused-ring (bicyclic) bond motifs is 1. The van der Waals surface area contributed by atoms with Gasteiger partial charge < -0.3 is 5.11 Å². The van der Waals surface area contributed by atoms with Crippen LogP contribution in [-0.4, -0.2) is 5.11 Å². The zero-order chi connectivity index (χ0) is 13.4. The van der Waals surface area contributed by atoms with Crippen LogP contribution >= 0.6 is 34.5 Å². The second-order valence-electron chi connectivity index (χ2n) is 4.22. The van der Waals surface area contributed by atoms with Gasteiger partial charge in [-0.2, -0.15) is 0 Å². The Morgan fingerprint density at radius 1 is 0.947 bits per heavy atom. The van der Waals surface area contributed by atoms with Crippen molar-refractivity contribution >= 4 is 44.6 Å². The van der Waals surface area contributed by atoms with E-state index in [0.717, 1.165) is 15.6 Å². The number of hydrogen-bond acceptors (Lipinski definition) is 2. The molecule has 0 bridgehead atoms. The van der Waals surface area contributed by atoms with Gasteiger partial charge in [-0.1, -0.05) is 47.5 Å². The third-order valence-corrected chi connectivity index (χ3v) is 4.72. The molecule has 0 fully saturated rings. The maximum atomic E-state index is 10.6. The Balaban J connectivity index is 2.19. The van der Waals surface area contributed by atoms with Gasteiger partial charge >= 0.3 is 0 Å². The summed E-state index contributed by atoms with van der Waals surface area (Å²) in [4.78, 5) is 0. The maximum absolute atomic E-state index is 10.6. The van der Waals surface area contributed by atoms with Gasteiger partial charge in [0, 0.05) is 25.9 Å². The van der Waals surface area contributed by atoms with Gasteiger partial charge in [0.2, 0.25) is 0 Å². The van der Waals surface area contributed by atoms with Crippen molar-refractivity contribution in [3.8, 4) is 0 Å². The van der Waals surface area contributed by atoms with Crippen LogP contribution in [0.4, 0.5) is 0 Å². The number of aliphatic hydroxyl groups excluding tert-OH is 1. The minimum Gasteiger partial charge on any atom is -0.383 e. The summed E-state index contributed by atoms with van der Waals surface area (Å²) < 4.78 is 1.06. The van der Waals surface area contributed by atoms with E-state index < -0.39 is 6.10 Å². The predicted molar refractivity (Wildman–Crippen MR) is 82.3 cm³/mol. The number of aliphatic hydroxyl groups is 1. The van der Waals surface area contributed by atoms with Crippen molar-refractivity contribution in [2.24, 2.45) is 0 Å². The van der Waals surface area contributed by atoms with Crippen LogP contribution in [0.3, 0.4) is 0 Å². The molecule has 1 N–H and O–H groups in total. The largest absolute Gasteiger partial charge is 0.383 e. The standard InChI is InChI=1S/C15H10Cl2OS/c16-11-5-2-6-12(17)13(11)14(18)10-4-1-3-9-7-8-19-15(9)10/h1-8,14,18H. The summed E-state index contributed by atoms with van der Waals surface area (Å²) in [5, 5.41) is 14.7. The fourth-order valence-corrected chi connectivity index (χ4v) is 3.70. The quantitative estimate of drug-likeness (QED) is 0.682. The van der Waals surface area contributed by atoms with Crippen LogP contribution in [0, 0.1) is 0 Å². The van der Waals surface area contributed by atoms with Crippen LogP contribution in [0.15, 0.2) is 47.8 Å². The first-order valence-corrected chi connectivity index (χ1v) is 7.40. The second kappa shape index (κ2) is 5.14. The molecular weight excluding hydrogens is 299 g/mol. The summed E-state index contributed by atoms with van der Waals surface area (Å²) >= 11 is 13.9. The summed E-state index contributed by atoms with van der Waals surface area (Å²) in [5.41, 5.74) is 1.40. The highest BCUT2D eigenvalue weighted by Gasteiger charge is 2.19. The Kier molecular flexibility index (Phi) is 3.50. The first-order valence-electron chi connectivity index (χ1n) is 5.76. The molecule has 3 rings (SSSR count). The molecule has 1 nitrogen and oxygen atoms in total. The number of halogens is 2. The van der Waals surface area contributed by atoms with Gasteiger partial charge in [0.05, 0.1) is 0 Å². The molecule has 0 aliphatic rings. The lowest BCUT2D eigenvalue weighted by Crippen LogP contribution is -2.01. The Morgan fingerprint density at radius 3 is 2.37 bits per heavy atom. The van der Waals surface area contributed by atoms with Crippen LogP contribution in [0.1, 0.15) is 17.2 Å². The van der Waals surface area contributed by atoms with E-state index in [1.165, 1.54) is 0 Å². The zero-order valence-corrected chi connectivity index (χ0v) is 12.1. The molecule has 1 heterocycles. The Hall–Kier alpha value is -1.06. The van der Waals surface area contributed by atoms with Gasteiger partial charge in [0.15, 0.2) is 0 Å². The number of thiophene rings is 1. The summed E-state index contributed by atoms with van der Waals surface area (Å²) in [5.74, 6) is 0. The molecule has 19 heavy (non-hydrogen) atoms. The molecule has 2 aromatic carbocycles. The topological polar surface area (TPSA) is 20.2 Å². The molecule has 96 valence electrons. The average Bonchev–Trinajstić information content (AvgIpc) is 2.86. The minimum atomic E-state index is -0.816. The Bertz CT molecular complexity index is 716. The molecule has 1 aromatic heterocycles. The first-order chi connectivity index (χ1) is 9.18. The predicted octanol–water partition coefficient (Wildman–Crippen LogP) is 5.29. The molecule has 3 aromatic rings. The summed E-state index contributed by atoms with van der Waals surface area (Å²) in [6, 6.07) is 13.1. The second-order valence-corrected chi connectivity index (χ2v) is 5.95. The van der Waals surface area contributed by atoms with E-state index in [0.29, 0.717) is 15.6 Å². The third-order valence-electron chi connectivity index (χ3n) is 3.08. The van der Waals surface area contributed by atoms with Crippen LogP contribution in [0.2, 0.25) is 10.0 Å². The van der Waals surface area contributed by atoms with Crippen molar-refractivity contribution in [2.45, 2.75) is 6.10 Å². The van der Waals surface area contributed by atoms with Gasteiger partial charge in [-0.25, -0.2) is 0 Å². The zero-order valence-electron chi connectivity index (χ0n) is 9.81. The van der Waals surface area contributed by atoms with Gasteiger partial charge in [0.25, 0.3) is 0 Å². The van der Waals surface area contributed by atoms with Crippen molar-refractivity contribution in [3.63, 3.8) is 0 Å². The van der Waals surface area contributed by atoms with Gasteiger partial charge in [-0.3, -0.25) is 0 Å². The molecule has 0 saturated carbocycles. The van der Waals surface area contributed by atoms with Crippen molar-refractivity contribution < 1.29 is 5.11 Å². The van der Waals surface area contributed by atoms with Crippen molar-refractivity contribution in [1.29, 1.82) is 0 Å². The van der Waals surface area contributed by atoms with E-state index in [4.69, 9.17) is 23.2 Å². The molecule has 1 atom stereocenters. The Labute approximate surface area is 125 Å².